The zero-order valence-corrected chi connectivity index (χ0v) is 14.1. The quantitative estimate of drug-likeness (QED) is 0.884. The summed E-state index contributed by atoms with van der Waals surface area (Å²) in [6.07, 6.45) is 4.58. The molecular weight excluding hydrogens is 280 g/mol. The number of hydrogen-bond donors (Lipinski definition) is 1. The van der Waals surface area contributed by atoms with E-state index in [2.05, 4.69) is 18.9 Å². The Morgan fingerprint density at radius 2 is 2.27 bits per heavy atom. The van der Waals surface area contributed by atoms with Gasteiger partial charge in [-0.15, -0.1) is 0 Å². The van der Waals surface area contributed by atoms with Gasteiger partial charge in [-0.1, -0.05) is 13.8 Å². The number of carbonyl (C=O) groups excluding carboxylic acids is 1. The summed E-state index contributed by atoms with van der Waals surface area (Å²) in [5.74, 6) is 0.508. The minimum atomic E-state index is -0.501. The van der Waals surface area contributed by atoms with Crippen molar-refractivity contribution in [2.24, 2.45) is 24.6 Å². The fraction of sp³-hybridized carbons (Fsp3) is 0.750. The molecule has 0 aromatic carbocycles. The Morgan fingerprint density at radius 1 is 1.55 bits per heavy atom. The van der Waals surface area contributed by atoms with Gasteiger partial charge in [-0.05, 0) is 19.3 Å². The van der Waals surface area contributed by atoms with Crippen molar-refractivity contribution in [1.82, 2.24) is 14.7 Å². The third kappa shape index (κ3) is 3.67. The second-order valence-electron chi connectivity index (χ2n) is 6.80. The molecule has 2 heterocycles. The SMILES string of the molecule is CC(C)C[C@H](CN)C(=O)N1CCO[C@](C)(c2cnn(C)c2)C1. The first-order valence-electron chi connectivity index (χ1n) is 7.97. The smallest absolute Gasteiger partial charge is 0.227 e. The topological polar surface area (TPSA) is 73.4 Å². The zero-order valence-electron chi connectivity index (χ0n) is 14.1. The molecule has 1 fully saturated rings. The molecule has 22 heavy (non-hydrogen) atoms. The lowest BCUT2D eigenvalue weighted by molar-refractivity contribution is -0.153. The van der Waals surface area contributed by atoms with Crippen molar-refractivity contribution in [1.29, 1.82) is 0 Å². The Hall–Kier alpha value is -1.40. The molecule has 0 aliphatic carbocycles. The van der Waals surface area contributed by atoms with E-state index >= 15 is 0 Å². The van der Waals surface area contributed by atoms with Crippen molar-refractivity contribution in [2.45, 2.75) is 32.8 Å². The molecule has 6 heteroatoms. The van der Waals surface area contributed by atoms with Gasteiger partial charge in [0.15, 0.2) is 0 Å². The second kappa shape index (κ2) is 6.79. The molecule has 1 aliphatic heterocycles. The summed E-state index contributed by atoms with van der Waals surface area (Å²) in [6, 6.07) is 0. The number of rotatable bonds is 5. The van der Waals surface area contributed by atoms with E-state index in [1.165, 1.54) is 0 Å². The molecule has 124 valence electrons. The van der Waals surface area contributed by atoms with Crippen LogP contribution < -0.4 is 5.73 Å². The summed E-state index contributed by atoms with van der Waals surface area (Å²) in [7, 11) is 1.88. The zero-order chi connectivity index (χ0) is 16.3. The van der Waals surface area contributed by atoms with Gasteiger partial charge in [0, 0.05) is 31.9 Å². The van der Waals surface area contributed by atoms with Crippen LogP contribution in [0.4, 0.5) is 0 Å². The number of nitrogens with two attached hydrogens (primary N) is 1. The molecule has 2 rings (SSSR count). The predicted molar refractivity (Wildman–Crippen MR) is 85.1 cm³/mol. The lowest BCUT2D eigenvalue weighted by Crippen LogP contribution is -2.52. The van der Waals surface area contributed by atoms with Gasteiger partial charge in [-0.3, -0.25) is 9.48 Å². The number of amides is 1. The van der Waals surface area contributed by atoms with Crippen molar-refractivity contribution in [3.8, 4) is 0 Å². The average Bonchev–Trinajstić information content (AvgIpc) is 2.91. The van der Waals surface area contributed by atoms with Crippen LogP contribution in [0.15, 0.2) is 12.4 Å². The number of aromatic nitrogens is 2. The molecule has 0 saturated carbocycles. The molecular formula is C16H28N4O2. The Kier molecular flexibility index (Phi) is 5.24. The normalized spacial score (nSPS) is 23.8. The van der Waals surface area contributed by atoms with Crippen molar-refractivity contribution < 1.29 is 9.53 Å². The maximum absolute atomic E-state index is 12.8. The maximum Gasteiger partial charge on any atom is 0.227 e. The second-order valence-corrected chi connectivity index (χ2v) is 6.80. The number of carbonyl (C=O) groups is 1. The Morgan fingerprint density at radius 3 is 2.82 bits per heavy atom. The molecule has 0 bridgehead atoms. The highest BCUT2D eigenvalue weighted by atomic mass is 16.5. The summed E-state index contributed by atoms with van der Waals surface area (Å²) in [5.41, 5.74) is 6.32. The van der Waals surface area contributed by atoms with Crippen LogP contribution in [0.1, 0.15) is 32.8 Å². The van der Waals surface area contributed by atoms with E-state index in [0.717, 1.165) is 12.0 Å². The molecule has 1 aliphatic rings. The molecule has 2 atom stereocenters. The van der Waals surface area contributed by atoms with E-state index in [4.69, 9.17) is 10.5 Å². The minimum absolute atomic E-state index is 0.101. The van der Waals surface area contributed by atoms with E-state index in [9.17, 15) is 4.79 Å². The van der Waals surface area contributed by atoms with Crippen LogP contribution in [-0.2, 0) is 22.2 Å². The largest absolute Gasteiger partial charge is 0.367 e. The van der Waals surface area contributed by atoms with E-state index in [0.29, 0.717) is 32.2 Å². The van der Waals surface area contributed by atoms with Crippen LogP contribution in [-0.4, -0.2) is 46.8 Å². The fourth-order valence-electron chi connectivity index (χ4n) is 3.05. The highest BCUT2D eigenvalue weighted by molar-refractivity contribution is 5.79. The van der Waals surface area contributed by atoms with Gasteiger partial charge >= 0.3 is 0 Å². The van der Waals surface area contributed by atoms with E-state index < -0.39 is 5.60 Å². The molecule has 0 spiro atoms. The minimum Gasteiger partial charge on any atom is -0.367 e. The van der Waals surface area contributed by atoms with Crippen LogP contribution in [0.5, 0.6) is 0 Å². The first-order chi connectivity index (χ1) is 10.4. The Balaban J connectivity index is 2.11. The van der Waals surface area contributed by atoms with E-state index in [1.807, 2.05) is 31.3 Å². The Labute approximate surface area is 132 Å². The van der Waals surface area contributed by atoms with Crippen LogP contribution in [0.3, 0.4) is 0 Å². The van der Waals surface area contributed by atoms with Gasteiger partial charge in [-0.2, -0.15) is 5.10 Å². The van der Waals surface area contributed by atoms with Gasteiger partial charge < -0.3 is 15.4 Å². The standard InChI is InChI=1S/C16H28N4O2/c1-12(2)7-13(8-17)15(21)20-5-6-22-16(3,11-20)14-9-18-19(4)10-14/h9-10,12-13H,5-8,11,17H2,1-4H3/t13-,16+/m1/s1. The van der Waals surface area contributed by atoms with Crippen molar-refractivity contribution in [3.63, 3.8) is 0 Å². The average molecular weight is 308 g/mol. The van der Waals surface area contributed by atoms with Crippen LogP contribution in [0.2, 0.25) is 0 Å². The molecule has 2 N–H and O–H groups in total. The first kappa shape index (κ1) is 17.0. The Bertz CT molecular complexity index is 514. The summed E-state index contributed by atoms with van der Waals surface area (Å²) in [5, 5.41) is 4.21. The molecule has 1 saturated heterocycles. The lowest BCUT2D eigenvalue weighted by Gasteiger charge is -2.41. The summed E-state index contributed by atoms with van der Waals surface area (Å²) >= 11 is 0. The molecule has 0 unspecified atom stereocenters. The number of aryl methyl sites for hydroxylation is 1. The predicted octanol–water partition coefficient (Wildman–Crippen LogP) is 1.12. The molecule has 1 amide bonds. The molecule has 1 aromatic heterocycles. The van der Waals surface area contributed by atoms with Crippen molar-refractivity contribution in [3.05, 3.63) is 18.0 Å². The number of morpholine rings is 1. The molecule has 1 aromatic rings. The van der Waals surface area contributed by atoms with Crippen LogP contribution >= 0.6 is 0 Å². The van der Waals surface area contributed by atoms with Gasteiger partial charge in [0.2, 0.25) is 5.91 Å². The molecule has 0 radical (unpaired) electrons. The van der Waals surface area contributed by atoms with E-state index in [1.54, 1.807) is 4.68 Å². The van der Waals surface area contributed by atoms with Crippen molar-refractivity contribution >= 4 is 5.91 Å². The lowest BCUT2D eigenvalue weighted by atomic mass is 9.93. The highest BCUT2D eigenvalue weighted by Crippen LogP contribution is 2.30. The van der Waals surface area contributed by atoms with Gasteiger partial charge in [0.25, 0.3) is 0 Å². The van der Waals surface area contributed by atoms with Crippen LogP contribution in [0.25, 0.3) is 0 Å². The van der Waals surface area contributed by atoms with Gasteiger partial charge in [0.05, 0.1) is 25.3 Å². The third-order valence-corrected chi connectivity index (χ3v) is 4.29. The van der Waals surface area contributed by atoms with Crippen LogP contribution in [0, 0.1) is 11.8 Å². The monoisotopic (exact) mass is 308 g/mol. The highest BCUT2D eigenvalue weighted by Gasteiger charge is 2.38. The summed E-state index contributed by atoms with van der Waals surface area (Å²) in [4.78, 5) is 14.7. The fourth-order valence-corrected chi connectivity index (χ4v) is 3.05. The maximum atomic E-state index is 12.8. The summed E-state index contributed by atoms with van der Waals surface area (Å²) < 4.78 is 7.72. The third-order valence-electron chi connectivity index (χ3n) is 4.29. The van der Waals surface area contributed by atoms with E-state index in [-0.39, 0.29) is 11.8 Å². The summed E-state index contributed by atoms with van der Waals surface area (Å²) in [6.45, 7) is 8.37. The van der Waals surface area contributed by atoms with Crippen molar-refractivity contribution in [2.75, 3.05) is 26.2 Å². The molecule has 6 nitrogen and oxygen atoms in total. The first-order valence-corrected chi connectivity index (χ1v) is 7.97. The van der Waals surface area contributed by atoms with Gasteiger partial charge in [-0.25, -0.2) is 0 Å². The number of ether oxygens (including phenoxy) is 1. The van der Waals surface area contributed by atoms with Gasteiger partial charge in [0.1, 0.15) is 5.60 Å². The number of hydrogen-bond acceptors (Lipinski definition) is 4. The number of nitrogens with zero attached hydrogens (tertiary/aromatic N) is 3.